The Morgan fingerprint density at radius 3 is 2.79 bits per heavy atom. The zero-order valence-corrected chi connectivity index (χ0v) is 16.1. The largest absolute Gasteiger partial charge is 0.480 e. The van der Waals surface area contributed by atoms with Crippen molar-refractivity contribution in [2.45, 2.75) is 19.1 Å². The molecule has 0 bridgehead atoms. The first kappa shape index (κ1) is 17.4. The van der Waals surface area contributed by atoms with Crippen LogP contribution in [0.25, 0.3) is 10.7 Å². The summed E-state index contributed by atoms with van der Waals surface area (Å²) in [5, 5.41) is 6.05. The van der Waals surface area contributed by atoms with Crippen LogP contribution in [0.5, 0.6) is 5.75 Å². The van der Waals surface area contributed by atoms with E-state index in [0.29, 0.717) is 37.8 Å². The van der Waals surface area contributed by atoms with Crippen molar-refractivity contribution in [2.24, 2.45) is 0 Å². The lowest BCUT2D eigenvalue weighted by atomic mass is 10.1. The minimum atomic E-state index is -0.395. The van der Waals surface area contributed by atoms with Crippen molar-refractivity contribution in [3.63, 3.8) is 0 Å². The Bertz CT molecular complexity index is 939. The first-order valence-corrected chi connectivity index (χ1v) is 10.3. The molecular formula is C20H20N4O3S. The predicted molar refractivity (Wildman–Crippen MR) is 104 cm³/mol. The number of hydrogen-bond acceptors (Lipinski definition) is 7. The van der Waals surface area contributed by atoms with E-state index in [1.165, 1.54) is 0 Å². The van der Waals surface area contributed by atoms with Crippen molar-refractivity contribution in [1.82, 2.24) is 19.9 Å². The van der Waals surface area contributed by atoms with E-state index in [-0.39, 0.29) is 5.91 Å². The number of hydrogen-bond donors (Lipinski definition) is 0. The van der Waals surface area contributed by atoms with Gasteiger partial charge in [0, 0.05) is 32.6 Å². The molecule has 0 radical (unpaired) electrons. The molecule has 2 aromatic heterocycles. The number of carbonyl (C=O) groups excluding carboxylic acids is 1. The Morgan fingerprint density at radius 1 is 1.14 bits per heavy atom. The molecule has 144 valence electrons. The number of benzene rings is 1. The fourth-order valence-electron chi connectivity index (χ4n) is 3.67. The summed E-state index contributed by atoms with van der Waals surface area (Å²) >= 11 is 1.59. The predicted octanol–water partition coefficient (Wildman–Crippen LogP) is 2.45. The standard InChI is InChI=1S/C20H20N4O3S/c25-20(16-12-14-4-1-2-5-15(14)26-16)24-9-7-23(8-10-24)13-18-21-19(22-27-18)17-6-3-11-28-17/h1-6,11,16H,7-10,12-13H2. The molecular weight excluding hydrogens is 376 g/mol. The summed E-state index contributed by atoms with van der Waals surface area (Å²) in [6.07, 6.45) is 0.260. The van der Waals surface area contributed by atoms with E-state index in [2.05, 4.69) is 15.0 Å². The number of para-hydroxylation sites is 1. The Hall–Kier alpha value is -2.71. The van der Waals surface area contributed by atoms with Crippen LogP contribution >= 0.6 is 11.3 Å². The second-order valence-corrected chi connectivity index (χ2v) is 7.96. The molecule has 0 N–H and O–H groups in total. The molecule has 0 saturated carbocycles. The van der Waals surface area contributed by atoms with Crippen LogP contribution < -0.4 is 4.74 Å². The highest BCUT2D eigenvalue weighted by Gasteiger charge is 2.33. The second-order valence-electron chi connectivity index (χ2n) is 7.01. The monoisotopic (exact) mass is 396 g/mol. The van der Waals surface area contributed by atoms with Gasteiger partial charge < -0.3 is 14.2 Å². The zero-order valence-electron chi connectivity index (χ0n) is 15.3. The summed E-state index contributed by atoms with van der Waals surface area (Å²) < 4.78 is 11.2. The Labute approximate surface area is 166 Å². The summed E-state index contributed by atoms with van der Waals surface area (Å²) in [7, 11) is 0. The molecule has 3 aromatic rings. The molecule has 1 amide bonds. The van der Waals surface area contributed by atoms with Gasteiger partial charge in [0.05, 0.1) is 11.4 Å². The van der Waals surface area contributed by atoms with Gasteiger partial charge in [0.15, 0.2) is 6.10 Å². The fourth-order valence-corrected chi connectivity index (χ4v) is 4.32. The van der Waals surface area contributed by atoms with Gasteiger partial charge >= 0.3 is 0 Å². The average Bonchev–Trinajstić information content (AvgIpc) is 3.47. The molecule has 2 aliphatic heterocycles. The lowest BCUT2D eigenvalue weighted by Gasteiger charge is -2.34. The maximum Gasteiger partial charge on any atom is 0.264 e. The van der Waals surface area contributed by atoms with Crippen LogP contribution in [0.4, 0.5) is 0 Å². The number of rotatable bonds is 4. The van der Waals surface area contributed by atoms with Crippen molar-refractivity contribution in [1.29, 1.82) is 0 Å². The second kappa shape index (κ2) is 7.37. The summed E-state index contributed by atoms with van der Waals surface area (Å²) in [5.74, 6) is 2.15. The van der Waals surface area contributed by atoms with Gasteiger partial charge in [0.1, 0.15) is 5.75 Å². The molecule has 5 rings (SSSR count). The molecule has 1 saturated heterocycles. The quantitative estimate of drug-likeness (QED) is 0.675. The van der Waals surface area contributed by atoms with Gasteiger partial charge in [0.2, 0.25) is 11.7 Å². The first-order valence-electron chi connectivity index (χ1n) is 9.38. The molecule has 8 heteroatoms. The normalized spacial score (nSPS) is 19.4. The molecule has 1 fully saturated rings. The molecule has 0 aliphatic carbocycles. The Kier molecular flexibility index (Phi) is 4.58. The third-order valence-electron chi connectivity index (χ3n) is 5.18. The van der Waals surface area contributed by atoms with Gasteiger partial charge in [-0.15, -0.1) is 11.3 Å². The van der Waals surface area contributed by atoms with Gasteiger partial charge in [-0.05, 0) is 23.1 Å². The van der Waals surface area contributed by atoms with Gasteiger partial charge in [-0.1, -0.05) is 29.4 Å². The topological polar surface area (TPSA) is 71.7 Å². The molecule has 1 unspecified atom stereocenters. The Balaban J connectivity index is 1.14. The van der Waals surface area contributed by atoms with Crippen LogP contribution in [0.1, 0.15) is 11.5 Å². The number of aromatic nitrogens is 2. The maximum absolute atomic E-state index is 12.8. The van der Waals surface area contributed by atoms with Crippen LogP contribution in [0.2, 0.25) is 0 Å². The van der Waals surface area contributed by atoms with E-state index in [0.717, 1.165) is 29.3 Å². The smallest absolute Gasteiger partial charge is 0.264 e. The van der Waals surface area contributed by atoms with Crippen LogP contribution in [0.3, 0.4) is 0 Å². The first-order chi connectivity index (χ1) is 13.8. The van der Waals surface area contributed by atoms with Gasteiger partial charge in [-0.3, -0.25) is 9.69 Å². The number of ether oxygens (including phenoxy) is 1. The highest BCUT2D eigenvalue weighted by atomic mass is 32.1. The van der Waals surface area contributed by atoms with Crippen LogP contribution in [-0.4, -0.2) is 58.1 Å². The molecule has 7 nitrogen and oxygen atoms in total. The average molecular weight is 396 g/mol. The zero-order chi connectivity index (χ0) is 18.9. The van der Waals surface area contributed by atoms with Crippen molar-refractivity contribution >= 4 is 17.2 Å². The molecule has 1 aromatic carbocycles. The third kappa shape index (κ3) is 3.41. The molecule has 1 atom stereocenters. The number of carbonyl (C=O) groups is 1. The number of fused-ring (bicyclic) bond motifs is 1. The van der Waals surface area contributed by atoms with Crippen LogP contribution in [-0.2, 0) is 17.8 Å². The molecule has 0 spiro atoms. The van der Waals surface area contributed by atoms with E-state index in [1.807, 2.05) is 46.7 Å². The highest BCUT2D eigenvalue weighted by Crippen LogP contribution is 2.29. The molecule has 28 heavy (non-hydrogen) atoms. The molecule has 4 heterocycles. The minimum absolute atomic E-state index is 0.0774. The summed E-state index contributed by atoms with van der Waals surface area (Å²) in [6, 6.07) is 11.8. The van der Waals surface area contributed by atoms with Crippen molar-refractivity contribution in [3.05, 3.63) is 53.2 Å². The van der Waals surface area contributed by atoms with Crippen molar-refractivity contribution in [2.75, 3.05) is 26.2 Å². The van der Waals surface area contributed by atoms with Gasteiger partial charge in [-0.2, -0.15) is 4.98 Å². The summed E-state index contributed by atoms with van der Waals surface area (Å²) in [5.41, 5.74) is 1.11. The lowest BCUT2D eigenvalue weighted by molar-refractivity contribution is -0.139. The highest BCUT2D eigenvalue weighted by molar-refractivity contribution is 7.13. The SMILES string of the molecule is O=C(C1Cc2ccccc2O1)N1CCN(Cc2nc(-c3cccs3)no2)CC1. The van der Waals surface area contributed by atoms with E-state index >= 15 is 0 Å². The number of amides is 1. The van der Waals surface area contributed by atoms with Gasteiger partial charge in [0.25, 0.3) is 5.91 Å². The number of thiophene rings is 1. The third-order valence-corrected chi connectivity index (χ3v) is 6.04. The Morgan fingerprint density at radius 2 is 2.00 bits per heavy atom. The number of nitrogens with zero attached hydrogens (tertiary/aromatic N) is 4. The van der Waals surface area contributed by atoms with Crippen LogP contribution in [0, 0.1) is 0 Å². The van der Waals surface area contributed by atoms with Crippen molar-refractivity contribution in [3.8, 4) is 16.5 Å². The van der Waals surface area contributed by atoms with Crippen LogP contribution in [0.15, 0.2) is 46.3 Å². The lowest BCUT2D eigenvalue weighted by Crippen LogP contribution is -2.51. The number of piperazine rings is 1. The summed E-state index contributed by atoms with van der Waals surface area (Å²) in [6.45, 7) is 3.53. The molecule has 2 aliphatic rings. The van der Waals surface area contributed by atoms with E-state index in [4.69, 9.17) is 9.26 Å². The van der Waals surface area contributed by atoms with E-state index in [1.54, 1.807) is 11.3 Å². The van der Waals surface area contributed by atoms with Crippen molar-refractivity contribution < 1.29 is 14.1 Å². The minimum Gasteiger partial charge on any atom is -0.480 e. The van der Waals surface area contributed by atoms with E-state index < -0.39 is 6.10 Å². The maximum atomic E-state index is 12.8. The van der Waals surface area contributed by atoms with E-state index in [9.17, 15) is 4.79 Å². The summed E-state index contributed by atoms with van der Waals surface area (Å²) in [4.78, 5) is 22.4. The van der Waals surface area contributed by atoms with Gasteiger partial charge in [-0.25, -0.2) is 0 Å². The fraction of sp³-hybridized carbons (Fsp3) is 0.350.